The average Bonchev–Trinajstić information content (AvgIpc) is 2.95. The first-order valence-corrected chi connectivity index (χ1v) is 9.69. The van der Waals surface area contributed by atoms with E-state index < -0.39 is 0 Å². The van der Waals surface area contributed by atoms with Gasteiger partial charge in [-0.2, -0.15) is 5.10 Å². The molecule has 0 bridgehead atoms. The molecule has 0 saturated heterocycles. The minimum atomic E-state index is -0.0310. The predicted octanol–water partition coefficient (Wildman–Crippen LogP) is 2.08. The van der Waals surface area contributed by atoms with Crippen LogP contribution >= 0.6 is 12.4 Å². The lowest BCUT2D eigenvalue weighted by atomic mass is 10.2. The Hall–Kier alpha value is -2.25. The highest BCUT2D eigenvalue weighted by molar-refractivity contribution is 5.85. The van der Waals surface area contributed by atoms with Gasteiger partial charge in [-0.15, -0.1) is 12.4 Å². The number of para-hydroxylation sites is 2. The SMILES string of the molecule is Cl.O=C(CCc1cc2n(n1)CCCNC2)NCCC1COc2ccccc2O1. The van der Waals surface area contributed by atoms with E-state index in [1.807, 2.05) is 24.3 Å². The van der Waals surface area contributed by atoms with Gasteiger partial charge in [0.25, 0.3) is 0 Å². The van der Waals surface area contributed by atoms with Crippen molar-refractivity contribution in [3.8, 4) is 11.5 Å². The third kappa shape index (κ3) is 5.17. The molecule has 1 aromatic heterocycles. The number of aryl methyl sites for hydroxylation is 2. The highest BCUT2D eigenvalue weighted by atomic mass is 35.5. The zero-order valence-corrected chi connectivity index (χ0v) is 16.7. The number of halogens is 1. The molecule has 0 saturated carbocycles. The van der Waals surface area contributed by atoms with Crippen molar-refractivity contribution in [1.29, 1.82) is 0 Å². The van der Waals surface area contributed by atoms with Gasteiger partial charge in [-0.25, -0.2) is 0 Å². The number of amides is 1. The summed E-state index contributed by atoms with van der Waals surface area (Å²) in [5.41, 5.74) is 2.20. The Morgan fingerprint density at radius 2 is 2.18 bits per heavy atom. The molecule has 1 aromatic carbocycles. The Labute approximate surface area is 171 Å². The molecule has 2 aliphatic heterocycles. The van der Waals surface area contributed by atoms with Crippen molar-refractivity contribution in [3.63, 3.8) is 0 Å². The number of carbonyl (C=O) groups is 1. The van der Waals surface area contributed by atoms with E-state index in [0.29, 0.717) is 26.0 Å². The van der Waals surface area contributed by atoms with Crippen LogP contribution in [0.1, 0.15) is 30.7 Å². The van der Waals surface area contributed by atoms with Crippen molar-refractivity contribution < 1.29 is 14.3 Å². The van der Waals surface area contributed by atoms with Crippen LogP contribution in [0.5, 0.6) is 11.5 Å². The summed E-state index contributed by atoms with van der Waals surface area (Å²) >= 11 is 0. The van der Waals surface area contributed by atoms with Gasteiger partial charge in [-0.1, -0.05) is 12.1 Å². The number of ether oxygens (including phenoxy) is 2. The van der Waals surface area contributed by atoms with Crippen LogP contribution in [0, 0.1) is 0 Å². The van der Waals surface area contributed by atoms with Crippen LogP contribution in [0.25, 0.3) is 0 Å². The second kappa shape index (κ2) is 9.80. The minimum absolute atomic E-state index is 0. The van der Waals surface area contributed by atoms with Crippen LogP contribution in [0.3, 0.4) is 0 Å². The van der Waals surface area contributed by atoms with E-state index in [1.54, 1.807) is 0 Å². The van der Waals surface area contributed by atoms with Gasteiger partial charge in [0.1, 0.15) is 12.7 Å². The molecule has 4 rings (SSSR count). The Morgan fingerprint density at radius 1 is 1.32 bits per heavy atom. The van der Waals surface area contributed by atoms with E-state index in [-0.39, 0.29) is 24.4 Å². The van der Waals surface area contributed by atoms with Crippen molar-refractivity contribution in [2.75, 3.05) is 19.7 Å². The summed E-state index contributed by atoms with van der Waals surface area (Å²) in [6.07, 6.45) is 2.91. The zero-order chi connectivity index (χ0) is 18.5. The maximum Gasteiger partial charge on any atom is 0.220 e. The maximum absolute atomic E-state index is 12.1. The molecule has 2 aliphatic rings. The first kappa shape index (κ1) is 20.5. The molecule has 2 aromatic rings. The van der Waals surface area contributed by atoms with E-state index in [2.05, 4.69) is 26.5 Å². The molecular weight excluding hydrogens is 380 g/mol. The van der Waals surface area contributed by atoms with Crippen molar-refractivity contribution in [1.82, 2.24) is 20.4 Å². The summed E-state index contributed by atoms with van der Waals surface area (Å²) in [4.78, 5) is 12.1. The van der Waals surface area contributed by atoms with E-state index in [1.165, 1.54) is 5.69 Å². The highest BCUT2D eigenvalue weighted by Gasteiger charge is 2.20. The average molecular weight is 407 g/mol. The van der Waals surface area contributed by atoms with Crippen molar-refractivity contribution in [3.05, 3.63) is 41.7 Å². The molecule has 0 aliphatic carbocycles. The highest BCUT2D eigenvalue weighted by Crippen LogP contribution is 2.31. The molecule has 8 heteroatoms. The number of nitrogens with one attached hydrogen (secondary N) is 2. The number of fused-ring (bicyclic) bond motifs is 2. The van der Waals surface area contributed by atoms with Crippen LogP contribution in [0.2, 0.25) is 0 Å². The van der Waals surface area contributed by atoms with Gasteiger partial charge in [0.15, 0.2) is 11.5 Å². The number of rotatable bonds is 6. The second-order valence-electron chi connectivity index (χ2n) is 7.02. The molecule has 3 heterocycles. The van der Waals surface area contributed by atoms with Gasteiger partial charge in [0.2, 0.25) is 5.91 Å². The first-order chi connectivity index (χ1) is 13.3. The molecule has 7 nitrogen and oxygen atoms in total. The minimum Gasteiger partial charge on any atom is -0.486 e. The fourth-order valence-electron chi connectivity index (χ4n) is 3.45. The van der Waals surface area contributed by atoms with Crippen LogP contribution in [-0.4, -0.2) is 41.5 Å². The number of carbonyl (C=O) groups excluding carboxylic acids is 1. The Balaban J connectivity index is 0.00000225. The maximum atomic E-state index is 12.1. The van der Waals surface area contributed by atoms with E-state index in [9.17, 15) is 4.79 Å². The summed E-state index contributed by atoms with van der Waals surface area (Å²) in [5.74, 6) is 1.61. The number of nitrogens with zero attached hydrogens (tertiary/aromatic N) is 2. The fraction of sp³-hybridized carbons (Fsp3) is 0.500. The topological polar surface area (TPSA) is 77.4 Å². The summed E-state index contributed by atoms with van der Waals surface area (Å²) in [5, 5.41) is 11.0. The molecule has 0 spiro atoms. The second-order valence-corrected chi connectivity index (χ2v) is 7.02. The van der Waals surface area contributed by atoms with Gasteiger partial charge >= 0.3 is 0 Å². The van der Waals surface area contributed by atoms with Crippen molar-refractivity contribution >= 4 is 18.3 Å². The lowest BCUT2D eigenvalue weighted by Gasteiger charge is -2.26. The standard InChI is InChI=1S/C20H26N4O3.ClH/c25-20(7-6-15-12-16-13-21-9-3-11-24(16)23-15)22-10-8-17-14-26-18-4-1-2-5-19(18)27-17;/h1-2,4-5,12,17,21H,3,6-11,13-14H2,(H,22,25);1H. The van der Waals surface area contributed by atoms with Crippen molar-refractivity contribution in [2.24, 2.45) is 0 Å². The molecule has 152 valence electrons. The van der Waals surface area contributed by atoms with Crippen molar-refractivity contribution in [2.45, 2.75) is 44.9 Å². The van der Waals surface area contributed by atoms with E-state index in [0.717, 1.165) is 49.7 Å². The largest absolute Gasteiger partial charge is 0.486 e. The van der Waals surface area contributed by atoms with Gasteiger partial charge in [-0.05, 0) is 31.2 Å². The Bertz CT molecular complexity index is 772. The fourth-order valence-corrected chi connectivity index (χ4v) is 3.45. The summed E-state index contributed by atoms with van der Waals surface area (Å²) in [6.45, 7) is 3.93. The number of aromatic nitrogens is 2. The van der Waals surface area contributed by atoms with E-state index in [4.69, 9.17) is 9.47 Å². The molecule has 1 amide bonds. The van der Waals surface area contributed by atoms with Crippen LogP contribution in [0.15, 0.2) is 30.3 Å². The summed E-state index contributed by atoms with van der Waals surface area (Å²) in [7, 11) is 0. The van der Waals surface area contributed by atoms with Crippen LogP contribution in [0.4, 0.5) is 0 Å². The normalized spacial score (nSPS) is 17.8. The molecule has 28 heavy (non-hydrogen) atoms. The smallest absolute Gasteiger partial charge is 0.220 e. The molecule has 1 unspecified atom stereocenters. The molecule has 0 radical (unpaired) electrons. The summed E-state index contributed by atoms with van der Waals surface area (Å²) in [6, 6.07) is 9.77. The van der Waals surface area contributed by atoms with Gasteiger partial charge in [0, 0.05) is 38.9 Å². The zero-order valence-electron chi connectivity index (χ0n) is 15.9. The Kier molecular flexibility index (Phi) is 7.17. The number of benzene rings is 1. The lowest BCUT2D eigenvalue weighted by Crippen LogP contribution is -2.34. The van der Waals surface area contributed by atoms with Gasteiger partial charge in [0.05, 0.1) is 11.4 Å². The van der Waals surface area contributed by atoms with Gasteiger partial charge in [-0.3, -0.25) is 9.48 Å². The van der Waals surface area contributed by atoms with E-state index >= 15 is 0 Å². The quantitative estimate of drug-likeness (QED) is 0.768. The van der Waals surface area contributed by atoms with Crippen LogP contribution in [-0.2, 0) is 24.3 Å². The third-order valence-electron chi connectivity index (χ3n) is 4.91. The number of hydrogen-bond acceptors (Lipinski definition) is 5. The lowest BCUT2D eigenvalue weighted by molar-refractivity contribution is -0.121. The summed E-state index contributed by atoms with van der Waals surface area (Å²) < 4.78 is 13.7. The number of hydrogen-bond donors (Lipinski definition) is 2. The third-order valence-corrected chi connectivity index (χ3v) is 4.91. The first-order valence-electron chi connectivity index (χ1n) is 9.69. The monoisotopic (exact) mass is 406 g/mol. The molecule has 2 N–H and O–H groups in total. The molecular formula is C20H27ClN4O3. The molecule has 1 atom stereocenters. The Morgan fingerprint density at radius 3 is 3.07 bits per heavy atom. The molecule has 0 fully saturated rings. The van der Waals surface area contributed by atoms with Gasteiger partial charge < -0.3 is 20.1 Å². The van der Waals surface area contributed by atoms with Crippen LogP contribution < -0.4 is 20.1 Å². The predicted molar refractivity (Wildman–Crippen MR) is 108 cm³/mol.